The smallest absolute Gasteiger partial charge is 0.338 e. The lowest BCUT2D eigenvalue weighted by atomic mass is 10.0. The minimum Gasteiger partial charge on any atom is -0.450 e. The van der Waals surface area contributed by atoms with Crippen molar-refractivity contribution >= 4 is 40.9 Å². The van der Waals surface area contributed by atoms with Gasteiger partial charge in [-0.3, -0.25) is 14.4 Å². The summed E-state index contributed by atoms with van der Waals surface area (Å²) in [6, 6.07) is 19.2. The van der Waals surface area contributed by atoms with Crippen molar-refractivity contribution in [1.29, 1.82) is 0 Å². The third kappa shape index (κ3) is 3.81. The molecule has 0 unspecified atom stereocenters. The Hall–Kier alpha value is -3.77. The summed E-state index contributed by atoms with van der Waals surface area (Å²) in [5, 5.41) is 0.256. The van der Waals surface area contributed by atoms with E-state index in [2.05, 4.69) is 0 Å². The number of ether oxygens (including phenoxy) is 1. The highest BCUT2D eigenvalue weighted by Gasteiger charge is 2.38. The quantitative estimate of drug-likeness (QED) is 0.303. The average Bonchev–Trinajstić information content (AvgIpc) is 3.07. The maximum Gasteiger partial charge on any atom is 0.338 e. The van der Waals surface area contributed by atoms with Gasteiger partial charge in [0.1, 0.15) is 0 Å². The normalized spacial score (nSPS) is 13.6. The van der Waals surface area contributed by atoms with Crippen LogP contribution in [0.15, 0.2) is 72.8 Å². The van der Waals surface area contributed by atoms with Gasteiger partial charge < -0.3 is 4.74 Å². The molecule has 7 heteroatoms. The molecule has 6 nitrogen and oxygen atoms in total. The van der Waals surface area contributed by atoms with Crippen LogP contribution in [0.25, 0.3) is 0 Å². The molecule has 4 rings (SSSR count). The summed E-state index contributed by atoms with van der Waals surface area (Å²) in [6.45, 7) is 1.74. The highest BCUT2D eigenvalue weighted by Crippen LogP contribution is 2.33. The van der Waals surface area contributed by atoms with Gasteiger partial charge in [-0.05, 0) is 36.8 Å². The molecule has 2 amide bonds. The molecule has 0 aliphatic carbocycles. The molecule has 0 saturated heterocycles. The zero-order valence-corrected chi connectivity index (χ0v) is 17.8. The van der Waals surface area contributed by atoms with Gasteiger partial charge in [0.05, 0.1) is 27.4 Å². The summed E-state index contributed by atoms with van der Waals surface area (Å²) in [6.07, 6.45) is -0.669. The van der Waals surface area contributed by atoms with Crippen LogP contribution < -0.4 is 4.90 Å². The number of imide groups is 1. The number of para-hydroxylation sites is 1. The SMILES string of the molecule is CC[C@H](OC(=O)c1ccc2c(c1)C(=O)N(c1ccccc1Cl)C2=O)C(=O)c1ccccc1. The number of fused-ring (bicyclic) bond motifs is 1. The Morgan fingerprint density at radius 2 is 1.53 bits per heavy atom. The minimum atomic E-state index is -0.963. The van der Waals surface area contributed by atoms with E-state index in [1.54, 1.807) is 61.5 Å². The number of benzene rings is 3. The average molecular weight is 448 g/mol. The van der Waals surface area contributed by atoms with Crippen LogP contribution in [0.1, 0.15) is 54.8 Å². The molecule has 0 N–H and O–H groups in total. The highest BCUT2D eigenvalue weighted by molar-refractivity contribution is 6.39. The Labute approximate surface area is 189 Å². The molecule has 0 saturated carbocycles. The van der Waals surface area contributed by atoms with Crippen molar-refractivity contribution in [1.82, 2.24) is 0 Å². The second-order valence-corrected chi connectivity index (χ2v) is 7.60. The number of hydrogen-bond donors (Lipinski definition) is 0. The monoisotopic (exact) mass is 447 g/mol. The first-order valence-electron chi connectivity index (χ1n) is 10.00. The summed E-state index contributed by atoms with van der Waals surface area (Å²) in [7, 11) is 0. The standard InChI is InChI=1S/C25H18ClNO5/c1-2-21(22(28)15-8-4-3-5-9-15)32-25(31)16-12-13-17-18(14-16)24(30)27(23(17)29)20-11-7-6-10-19(20)26/h3-14,21H,2H2,1H3/t21-/m0/s1. The fraction of sp³-hybridized carbons (Fsp3) is 0.120. The van der Waals surface area contributed by atoms with Gasteiger partial charge in [0.25, 0.3) is 11.8 Å². The zero-order chi connectivity index (χ0) is 22.8. The number of carbonyl (C=O) groups is 4. The van der Waals surface area contributed by atoms with E-state index in [4.69, 9.17) is 16.3 Å². The molecule has 1 aliphatic heterocycles. The van der Waals surface area contributed by atoms with Crippen molar-refractivity contribution in [3.63, 3.8) is 0 Å². The number of anilines is 1. The topological polar surface area (TPSA) is 80.8 Å². The fourth-order valence-electron chi connectivity index (χ4n) is 3.53. The number of nitrogens with zero attached hydrogens (tertiary/aromatic N) is 1. The third-order valence-electron chi connectivity index (χ3n) is 5.19. The van der Waals surface area contributed by atoms with Crippen molar-refractivity contribution in [2.24, 2.45) is 0 Å². The molecular weight excluding hydrogens is 430 g/mol. The van der Waals surface area contributed by atoms with E-state index in [9.17, 15) is 19.2 Å². The number of esters is 1. The third-order valence-corrected chi connectivity index (χ3v) is 5.51. The first-order valence-corrected chi connectivity index (χ1v) is 10.4. The van der Waals surface area contributed by atoms with Gasteiger partial charge in [-0.1, -0.05) is 61.0 Å². The molecule has 1 heterocycles. The van der Waals surface area contributed by atoms with Crippen LogP contribution in [0.3, 0.4) is 0 Å². The molecule has 32 heavy (non-hydrogen) atoms. The van der Waals surface area contributed by atoms with Crippen LogP contribution in [0.5, 0.6) is 0 Å². The summed E-state index contributed by atoms with van der Waals surface area (Å²) in [5.41, 5.74) is 1.03. The van der Waals surface area contributed by atoms with Crippen molar-refractivity contribution in [2.75, 3.05) is 4.90 Å². The first-order chi connectivity index (χ1) is 15.4. The Balaban J connectivity index is 1.58. The van der Waals surface area contributed by atoms with Crippen molar-refractivity contribution < 1.29 is 23.9 Å². The number of ketones is 1. The number of hydrogen-bond acceptors (Lipinski definition) is 5. The van der Waals surface area contributed by atoms with Crippen molar-refractivity contribution in [3.8, 4) is 0 Å². The molecule has 0 fully saturated rings. The predicted molar refractivity (Wildman–Crippen MR) is 119 cm³/mol. The van der Waals surface area contributed by atoms with Gasteiger partial charge in [0.15, 0.2) is 6.10 Å². The van der Waals surface area contributed by atoms with E-state index in [1.165, 1.54) is 18.2 Å². The molecule has 0 bridgehead atoms. The number of halogens is 1. The Bertz CT molecular complexity index is 1240. The van der Waals surface area contributed by atoms with Gasteiger partial charge in [-0.15, -0.1) is 0 Å². The van der Waals surface area contributed by atoms with E-state index in [-0.39, 0.29) is 33.2 Å². The van der Waals surface area contributed by atoms with Gasteiger partial charge in [0, 0.05) is 5.56 Å². The van der Waals surface area contributed by atoms with Crippen molar-refractivity contribution in [2.45, 2.75) is 19.4 Å². The largest absolute Gasteiger partial charge is 0.450 e. The van der Waals surface area contributed by atoms with E-state index >= 15 is 0 Å². The summed E-state index contributed by atoms with van der Waals surface area (Å²) in [5.74, 6) is -2.16. The number of rotatable bonds is 6. The zero-order valence-electron chi connectivity index (χ0n) is 17.1. The first kappa shape index (κ1) is 21.5. The molecule has 1 aliphatic rings. The number of amides is 2. The molecular formula is C25H18ClNO5. The molecule has 3 aromatic rings. The van der Waals surface area contributed by atoms with E-state index < -0.39 is 23.9 Å². The van der Waals surface area contributed by atoms with Crippen LogP contribution in [0.4, 0.5) is 5.69 Å². The van der Waals surface area contributed by atoms with Crippen LogP contribution in [0, 0.1) is 0 Å². The number of Topliss-reactive ketones (excluding diaryl/α,β-unsaturated/α-hetero) is 1. The van der Waals surface area contributed by atoms with Crippen LogP contribution in [0.2, 0.25) is 5.02 Å². The van der Waals surface area contributed by atoms with E-state index in [1.807, 2.05) is 0 Å². The fourth-order valence-corrected chi connectivity index (χ4v) is 3.75. The molecule has 1 atom stereocenters. The Morgan fingerprint density at radius 1 is 0.875 bits per heavy atom. The van der Waals surface area contributed by atoms with Gasteiger partial charge in [0.2, 0.25) is 5.78 Å². The second-order valence-electron chi connectivity index (χ2n) is 7.19. The van der Waals surface area contributed by atoms with Crippen LogP contribution >= 0.6 is 11.6 Å². The lowest BCUT2D eigenvalue weighted by Crippen LogP contribution is -2.29. The summed E-state index contributed by atoms with van der Waals surface area (Å²) < 4.78 is 5.43. The van der Waals surface area contributed by atoms with E-state index in [0.29, 0.717) is 12.0 Å². The molecule has 3 aromatic carbocycles. The summed E-state index contributed by atoms with van der Waals surface area (Å²) in [4.78, 5) is 52.1. The maximum absolute atomic E-state index is 12.9. The molecule has 160 valence electrons. The van der Waals surface area contributed by atoms with Crippen LogP contribution in [-0.2, 0) is 4.74 Å². The molecule has 0 radical (unpaired) electrons. The van der Waals surface area contributed by atoms with Crippen LogP contribution in [-0.4, -0.2) is 29.7 Å². The summed E-state index contributed by atoms with van der Waals surface area (Å²) >= 11 is 6.16. The predicted octanol–water partition coefficient (Wildman–Crippen LogP) is 4.96. The second kappa shape index (κ2) is 8.77. The van der Waals surface area contributed by atoms with Crippen molar-refractivity contribution in [3.05, 3.63) is 100 Å². The van der Waals surface area contributed by atoms with Gasteiger partial charge in [-0.2, -0.15) is 0 Å². The minimum absolute atomic E-state index is 0.0743. The number of carbonyl (C=O) groups excluding carboxylic acids is 4. The lowest BCUT2D eigenvalue weighted by Gasteiger charge is -2.15. The highest BCUT2D eigenvalue weighted by atomic mass is 35.5. The Morgan fingerprint density at radius 3 is 2.22 bits per heavy atom. The maximum atomic E-state index is 12.9. The Kier molecular flexibility index (Phi) is 5.88. The molecule has 0 spiro atoms. The van der Waals surface area contributed by atoms with Gasteiger partial charge in [-0.25, -0.2) is 9.69 Å². The van der Waals surface area contributed by atoms with Gasteiger partial charge >= 0.3 is 5.97 Å². The molecule has 0 aromatic heterocycles. The van der Waals surface area contributed by atoms with E-state index in [0.717, 1.165) is 4.90 Å². The lowest BCUT2D eigenvalue weighted by molar-refractivity contribution is 0.0277.